The van der Waals surface area contributed by atoms with Gasteiger partial charge in [-0.05, 0) is 48.1 Å². The number of carbonyl (C=O) groups is 1. The maximum atomic E-state index is 13.2. The summed E-state index contributed by atoms with van der Waals surface area (Å²) >= 11 is 6.13. The zero-order chi connectivity index (χ0) is 20.8. The van der Waals surface area contributed by atoms with Crippen LogP contribution in [0.15, 0.2) is 48.7 Å². The van der Waals surface area contributed by atoms with E-state index in [0.29, 0.717) is 11.4 Å². The van der Waals surface area contributed by atoms with Crippen LogP contribution >= 0.6 is 11.6 Å². The second-order valence-electron chi connectivity index (χ2n) is 7.63. The molecular weight excluding hydrogens is 380 g/mol. The zero-order valence-electron chi connectivity index (χ0n) is 17.7. The third-order valence-corrected chi connectivity index (χ3v) is 5.83. The Morgan fingerprint density at radius 2 is 1.72 bits per heavy atom. The van der Waals surface area contributed by atoms with Crippen LogP contribution in [0, 0.1) is 0 Å². The Bertz CT molecular complexity index is 939. The Morgan fingerprint density at radius 1 is 1.03 bits per heavy atom. The van der Waals surface area contributed by atoms with Crippen LogP contribution < -0.4 is 0 Å². The number of benzene rings is 2. The molecule has 1 N–H and O–H groups in total. The summed E-state index contributed by atoms with van der Waals surface area (Å²) in [6.45, 7) is 8.04. The number of rotatable bonds is 9. The average molecular weight is 411 g/mol. The van der Waals surface area contributed by atoms with E-state index in [1.165, 1.54) is 22.0 Å². The highest BCUT2D eigenvalue weighted by atomic mass is 35.5. The molecule has 0 aliphatic heterocycles. The number of halogens is 1. The normalized spacial score (nSPS) is 12.3. The van der Waals surface area contributed by atoms with E-state index in [4.69, 9.17) is 11.6 Å². The summed E-state index contributed by atoms with van der Waals surface area (Å²) in [5, 5.41) is 1.92. The molecule has 154 valence electrons. The molecule has 0 radical (unpaired) electrons. The minimum atomic E-state index is -0.00293. The molecule has 1 aromatic heterocycles. The minimum absolute atomic E-state index is 0.00293. The number of aryl methyl sites for hydroxylation is 1. The van der Waals surface area contributed by atoms with Gasteiger partial charge in [0.25, 0.3) is 0 Å². The summed E-state index contributed by atoms with van der Waals surface area (Å²) in [4.78, 5) is 18.7. The molecule has 0 saturated carbocycles. The van der Waals surface area contributed by atoms with Gasteiger partial charge in [-0.1, -0.05) is 62.7 Å². The van der Waals surface area contributed by atoms with Crippen molar-refractivity contribution in [1.29, 1.82) is 0 Å². The molecule has 1 atom stereocenters. The quantitative estimate of drug-likeness (QED) is 0.426. The number of para-hydroxylation sites is 1. The van der Waals surface area contributed by atoms with Crippen molar-refractivity contribution >= 4 is 28.4 Å². The lowest BCUT2D eigenvalue weighted by atomic mass is 9.87. The second-order valence-corrected chi connectivity index (χ2v) is 8.06. The van der Waals surface area contributed by atoms with Gasteiger partial charge in [-0.25, -0.2) is 0 Å². The summed E-state index contributed by atoms with van der Waals surface area (Å²) in [7, 11) is 0. The van der Waals surface area contributed by atoms with E-state index < -0.39 is 0 Å². The van der Waals surface area contributed by atoms with Crippen LogP contribution in [0.2, 0.25) is 5.02 Å². The van der Waals surface area contributed by atoms with E-state index in [9.17, 15) is 4.79 Å². The van der Waals surface area contributed by atoms with Crippen LogP contribution in [0.1, 0.15) is 62.6 Å². The Balaban J connectivity index is 2.02. The average Bonchev–Trinajstić information content (AvgIpc) is 3.16. The van der Waals surface area contributed by atoms with Crippen molar-refractivity contribution in [1.82, 2.24) is 9.88 Å². The largest absolute Gasteiger partial charge is 0.361 e. The number of aromatic nitrogens is 1. The van der Waals surface area contributed by atoms with Gasteiger partial charge in [0.2, 0.25) is 5.91 Å². The van der Waals surface area contributed by atoms with Crippen molar-refractivity contribution in [3.05, 3.63) is 70.4 Å². The fraction of sp³-hybridized carbons (Fsp3) is 0.400. The summed E-state index contributed by atoms with van der Waals surface area (Å²) in [6.07, 6.45) is 5.47. The molecule has 0 saturated heterocycles. The number of amides is 1. The van der Waals surface area contributed by atoms with Crippen molar-refractivity contribution in [2.45, 2.75) is 52.4 Å². The number of hydrogen-bond acceptors (Lipinski definition) is 1. The molecule has 1 amide bonds. The van der Waals surface area contributed by atoms with E-state index >= 15 is 0 Å². The lowest BCUT2D eigenvalue weighted by Crippen LogP contribution is -2.33. The number of H-pyrrole nitrogens is 1. The van der Waals surface area contributed by atoms with Crippen molar-refractivity contribution in [3.8, 4) is 0 Å². The Morgan fingerprint density at radius 3 is 2.34 bits per heavy atom. The van der Waals surface area contributed by atoms with E-state index in [1.807, 2.05) is 29.2 Å². The predicted octanol–water partition coefficient (Wildman–Crippen LogP) is 6.55. The van der Waals surface area contributed by atoms with Gasteiger partial charge in [-0.3, -0.25) is 4.79 Å². The molecular formula is C25H31ClN2O. The van der Waals surface area contributed by atoms with Gasteiger partial charge in [-0.15, -0.1) is 0 Å². The summed E-state index contributed by atoms with van der Waals surface area (Å²) in [5.74, 6) is 0.214. The van der Waals surface area contributed by atoms with Crippen molar-refractivity contribution in [2.75, 3.05) is 13.1 Å². The summed E-state index contributed by atoms with van der Waals surface area (Å²) in [6, 6.07) is 14.4. The van der Waals surface area contributed by atoms with Gasteiger partial charge < -0.3 is 9.88 Å². The number of hydrogen-bond donors (Lipinski definition) is 1. The molecule has 0 aliphatic rings. The van der Waals surface area contributed by atoms with Crippen LogP contribution in [-0.2, 0) is 11.2 Å². The van der Waals surface area contributed by atoms with E-state index in [2.05, 4.69) is 50.2 Å². The smallest absolute Gasteiger partial charge is 0.223 e. The second kappa shape index (κ2) is 9.98. The monoisotopic (exact) mass is 410 g/mol. The third kappa shape index (κ3) is 4.84. The zero-order valence-corrected chi connectivity index (χ0v) is 18.4. The van der Waals surface area contributed by atoms with Crippen LogP contribution in [0.25, 0.3) is 10.9 Å². The van der Waals surface area contributed by atoms with Crippen molar-refractivity contribution < 1.29 is 4.79 Å². The van der Waals surface area contributed by atoms with Gasteiger partial charge in [0.15, 0.2) is 0 Å². The first-order valence-corrected chi connectivity index (χ1v) is 11.1. The number of fused-ring (bicyclic) bond motifs is 1. The maximum absolute atomic E-state index is 13.2. The number of carbonyl (C=O) groups excluding carboxylic acids is 1. The molecule has 3 nitrogen and oxygen atoms in total. The molecule has 3 rings (SSSR count). The first kappa shape index (κ1) is 21.4. The van der Waals surface area contributed by atoms with Crippen LogP contribution in [-0.4, -0.2) is 28.9 Å². The fourth-order valence-corrected chi connectivity index (χ4v) is 4.25. The van der Waals surface area contributed by atoms with E-state index in [-0.39, 0.29) is 11.8 Å². The lowest BCUT2D eigenvalue weighted by molar-refractivity contribution is -0.131. The van der Waals surface area contributed by atoms with Gasteiger partial charge in [0.05, 0.1) is 0 Å². The molecule has 0 fully saturated rings. The van der Waals surface area contributed by atoms with Gasteiger partial charge in [0, 0.05) is 47.6 Å². The minimum Gasteiger partial charge on any atom is -0.361 e. The molecule has 0 bridgehead atoms. The van der Waals surface area contributed by atoms with Crippen molar-refractivity contribution in [3.63, 3.8) is 0 Å². The highest BCUT2D eigenvalue weighted by Crippen LogP contribution is 2.35. The highest BCUT2D eigenvalue weighted by molar-refractivity contribution is 6.30. The number of aromatic amines is 1. The third-order valence-electron chi connectivity index (χ3n) is 5.58. The van der Waals surface area contributed by atoms with Crippen molar-refractivity contribution in [2.24, 2.45) is 0 Å². The Labute approximate surface area is 179 Å². The predicted molar refractivity (Wildman–Crippen MR) is 123 cm³/mol. The van der Waals surface area contributed by atoms with Gasteiger partial charge >= 0.3 is 0 Å². The summed E-state index contributed by atoms with van der Waals surface area (Å²) < 4.78 is 0. The maximum Gasteiger partial charge on any atom is 0.223 e. The van der Waals surface area contributed by atoms with E-state index in [0.717, 1.165) is 37.9 Å². The van der Waals surface area contributed by atoms with Crippen LogP contribution in [0.3, 0.4) is 0 Å². The van der Waals surface area contributed by atoms with E-state index in [1.54, 1.807) is 0 Å². The molecule has 29 heavy (non-hydrogen) atoms. The SMILES string of the molecule is CCCN(CCC)C(=O)C[C@H](c1ccc(Cl)cc1)c1c[nH]c2c(CC)cccc12. The van der Waals surface area contributed by atoms with Gasteiger partial charge in [0.1, 0.15) is 0 Å². The first-order chi connectivity index (χ1) is 14.1. The molecule has 2 aromatic carbocycles. The standard InChI is InChI=1S/C25H31ClN2O/c1-4-14-28(15-5-2)24(29)16-22(19-10-12-20(26)13-11-19)23-17-27-25-18(6-3)8-7-9-21(23)25/h7-13,17,22,27H,4-6,14-16H2,1-3H3/t22-/m1/s1. The Kier molecular flexibility index (Phi) is 7.38. The fourth-order valence-electron chi connectivity index (χ4n) is 4.13. The molecule has 1 heterocycles. The molecule has 0 spiro atoms. The summed E-state index contributed by atoms with van der Waals surface area (Å²) in [5.41, 5.74) is 4.78. The topological polar surface area (TPSA) is 36.1 Å². The van der Waals surface area contributed by atoms with Gasteiger partial charge in [-0.2, -0.15) is 0 Å². The lowest BCUT2D eigenvalue weighted by Gasteiger charge is -2.25. The van der Waals surface area contributed by atoms with Crippen LogP contribution in [0.5, 0.6) is 0 Å². The molecule has 0 unspecified atom stereocenters. The Hall–Kier alpha value is -2.26. The number of nitrogens with zero attached hydrogens (tertiary/aromatic N) is 1. The first-order valence-electron chi connectivity index (χ1n) is 10.7. The molecule has 4 heteroatoms. The van der Waals surface area contributed by atoms with Crippen LogP contribution in [0.4, 0.5) is 0 Å². The highest BCUT2D eigenvalue weighted by Gasteiger charge is 2.24. The number of nitrogens with one attached hydrogen (secondary N) is 1. The molecule has 0 aliphatic carbocycles. The molecule has 3 aromatic rings.